The van der Waals surface area contributed by atoms with Crippen LogP contribution in [0.25, 0.3) is 0 Å². The zero-order valence-electron chi connectivity index (χ0n) is 8.96. The Morgan fingerprint density at radius 2 is 1.94 bits per heavy atom. The van der Waals surface area contributed by atoms with Crippen molar-refractivity contribution in [3.05, 3.63) is 32.6 Å². The lowest BCUT2D eigenvalue weighted by molar-refractivity contribution is 0.353. The fraction of sp³-hybridized carbons (Fsp3) is 0.636. The van der Waals surface area contributed by atoms with Crippen LogP contribution in [0.3, 0.4) is 0 Å². The third-order valence-corrected chi connectivity index (χ3v) is 4.45. The lowest BCUT2D eigenvalue weighted by Gasteiger charge is -2.25. The summed E-state index contributed by atoms with van der Waals surface area (Å²) in [5, 5.41) is 0. The first kappa shape index (κ1) is 11.6. The molecule has 0 radical (unpaired) electrons. The van der Waals surface area contributed by atoms with Crippen LogP contribution in [0.2, 0.25) is 0 Å². The number of halogens is 1. The molecule has 2 rings (SSSR count). The van der Waals surface area contributed by atoms with Crippen molar-refractivity contribution >= 4 is 15.9 Å². The van der Waals surface area contributed by atoms with Gasteiger partial charge in [-0.15, -0.1) is 0 Å². The van der Waals surface area contributed by atoms with Crippen LogP contribution in [0.4, 0.5) is 0 Å². The highest BCUT2D eigenvalue weighted by atomic mass is 79.9. The monoisotopic (exact) mass is 286 g/mol. The Morgan fingerprint density at radius 1 is 1.25 bits per heavy atom. The summed E-state index contributed by atoms with van der Waals surface area (Å²) < 4.78 is 0. The molecule has 0 spiro atoms. The molecule has 1 aromatic heterocycles. The quantitative estimate of drug-likeness (QED) is 0.818. The van der Waals surface area contributed by atoms with Gasteiger partial charge in [-0.1, -0.05) is 35.2 Å². The van der Waals surface area contributed by atoms with E-state index in [2.05, 4.69) is 25.9 Å². The Bertz CT molecular complexity index is 460. The number of H-pyrrole nitrogens is 2. The maximum Gasteiger partial charge on any atom is 0.325 e. The van der Waals surface area contributed by atoms with Crippen molar-refractivity contribution in [1.29, 1.82) is 0 Å². The Kier molecular flexibility index (Phi) is 3.63. The summed E-state index contributed by atoms with van der Waals surface area (Å²) in [6.07, 6.45) is 7.57. The summed E-state index contributed by atoms with van der Waals surface area (Å²) in [6, 6.07) is 0. The van der Waals surface area contributed by atoms with Crippen LogP contribution < -0.4 is 11.2 Å². The summed E-state index contributed by atoms with van der Waals surface area (Å²) in [4.78, 5) is 27.4. The summed E-state index contributed by atoms with van der Waals surface area (Å²) in [5.41, 5.74) is -0.0974. The molecule has 88 valence electrons. The minimum atomic E-state index is -0.447. The fourth-order valence-corrected chi connectivity index (χ4v) is 3.17. The molecule has 1 aliphatic rings. The van der Waals surface area contributed by atoms with Gasteiger partial charge < -0.3 is 4.98 Å². The van der Waals surface area contributed by atoms with Crippen molar-refractivity contribution in [1.82, 2.24) is 9.97 Å². The third kappa shape index (κ3) is 2.45. The smallest absolute Gasteiger partial charge is 0.314 e. The molecule has 5 heteroatoms. The largest absolute Gasteiger partial charge is 0.325 e. The maximum atomic E-state index is 11.6. The standard InChI is InChI=1S/C11H15BrN2O2/c12-9(7-4-2-1-3-5-7)8-6-13-11(16)14-10(8)15/h6-7,9H,1-5H2,(H2,13,14,15,16). The predicted molar refractivity (Wildman–Crippen MR) is 65.9 cm³/mol. The number of hydrogen-bond donors (Lipinski definition) is 2. The first-order chi connectivity index (χ1) is 7.68. The van der Waals surface area contributed by atoms with Crippen molar-refractivity contribution in [2.24, 2.45) is 5.92 Å². The van der Waals surface area contributed by atoms with Gasteiger partial charge in [0, 0.05) is 16.6 Å². The number of alkyl halides is 1. The van der Waals surface area contributed by atoms with Gasteiger partial charge in [0.2, 0.25) is 0 Å². The second-order valence-corrected chi connectivity index (χ2v) is 5.31. The van der Waals surface area contributed by atoms with Crippen molar-refractivity contribution in [2.75, 3.05) is 0 Å². The molecule has 0 saturated heterocycles. The lowest BCUT2D eigenvalue weighted by Crippen LogP contribution is -2.27. The van der Waals surface area contributed by atoms with Gasteiger partial charge in [0.1, 0.15) is 0 Å². The Balaban J connectivity index is 2.22. The summed E-state index contributed by atoms with van der Waals surface area (Å²) in [7, 11) is 0. The first-order valence-electron chi connectivity index (χ1n) is 5.64. The second kappa shape index (κ2) is 4.99. The van der Waals surface area contributed by atoms with E-state index in [1.54, 1.807) is 0 Å². The van der Waals surface area contributed by atoms with Gasteiger partial charge in [0.25, 0.3) is 5.56 Å². The van der Waals surface area contributed by atoms with E-state index < -0.39 is 5.69 Å². The average molecular weight is 287 g/mol. The molecule has 0 amide bonds. The van der Waals surface area contributed by atoms with Gasteiger partial charge in [-0.25, -0.2) is 4.79 Å². The fourth-order valence-electron chi connectivity index (χ4n) is 2.31. The molecular formula is C11H15BrN2O2. The Morgan fingerprint density at radius 3 is 2.56 bits per heavy atom. The molecule has 1 atom stereocenters. The molecule has 1 heterocycles. The topological polar surface area (TPSA) is 65.7 Å². The van der Waals surface area contributed by atoms with Crippen LogP contribution in [0.1, 0.15) is 42.5 Å². The highest BCUT2D eigenvalue weighted by molar-refractivity contribution is 9.09. The summed E-state index contributed by atoms with van der Waals surface area (Å²) in [6.45, 7) is 0. The van der Waals surface area contributed by atoms with Crippen molar-refractivity contribution < 1.29 is 0 Å². The molecule has 1 fully saturated rings. The van der Waals surface area contributed by atoms with Crippen molar-refractivity contribution in [2.45, 2.75) is 36.9 Å². The SMILES string of the molecule is O=c1[nH]cc(C(Br)C2CCCCC2)c(=O)[nH]1. The highest BCUT2D eigenvalue weighted by Gasteiger charge is 2.24. The number of aromatic amines is 2. The van der Waals surface area contributed by atoms with Crippen LogP contribution in [-0.2, 0) is 0 Å². The van der Waals surface area contributed by atoms with Gasteiger partial charge in [-0.05, 0) is 18.8 Å². The minimum absolute atomic E-state index is 0.0494. The number of aromatic nitrogens is 2. The molecule has 4 nitrogen and oxygen atoms in total. The predicted octanol–water partition coefficient (Wildman–Crippen LogP) is 2.08. The van der Waals surface area contributed by atoms with E-state index in [9.17, 15) is 9.59 Å². The van der Waals surface area contributed by atoms with Gasteiger partial charge in [0.15, 0.2) is 0 Å². The maximum absolute atomic E-state index is 11.6. The second-order valence-electron chi connectivity index (χ2n) is 4.33. The van der Waals surface area contributed by atoms with Crippen molar-refractivity contribution in [3.8, 4) is 0 Å². The van der Waals surface area contributed by atoms with E-state index in [-0.39, 0.29) is 10.4 Å². The third-order valence-electron chi connectivity index (χ3n) is 3.21. The molecule has 1 aliphatic carbocycles. The molecule has 1 saturated carbocycles. The average Bonchev–Trinajstić information content (AvgIpc) is 2.29. The number of rotatable bonds is 2. The van der Waals surface area contributed by atoms with E-state index in [1.165, 1.54) is 25.5 Å². The Labute approximate surface area is 102 Å². The zero-order chi connectivity index (χ0) is 11.5. The van der Waals surface area contributed by atoms with Gasteiger partial charge in [-0.3, -0.25) is 9.78 Å². The molecular weight excluding hydrogens is 272 g/mol. The van der Waals surface area contributed by atoms with Crippen molar-refractivity contribution in [3.63, 3.8) is 0 Å². The molecule has 2 N–H and O–H groups in total. The summed E-state index contributed by atoms with van der Waals surface area (Å²) in [5.74, 6) is 0.501. The Hall–Kier alpha value is -0.840. The van der Waals surface area contributed by atoms with E-state index in [4.69, 9.17) is 0 Å². The minimum Gasteiger partial charge on any atom is -0.314 e. The van der Waals surface area contributed by atoms with E-state index in [0.717, 1.165) is 12.8 Å². The zero-order valence-corrected chi connectivity index (χ0v) is 10.5. The van der Waals surface area contributed by atoms with Crippen LogP contribution in [0, 0.1) is 5.92 Å². The first-order valence-corrected chi connectivity index (χ1v) is 6.56. The molecule has 1 unspecified atom stereocenters. The normalized spacial score (nSPS) is 19.6. The van der Waals surface area contributed by atoms with Crippen LogP contribution in [0.5, 0.6) is 0 Å². The summed E-state index contributed by atoms with van der Waals surface area (Å²) >= 11 is 3.58. The van der Waals surface area contributed by atoms with Crippen LogP contribution in [0.15, 0.2) is 15.8 Å². The molecule has 0 aromatic carbocycles. The van der Waals surface area contributed by atoms with Gasteiger partial charge in [-0.2, -0.15) is 0 Å². The lowest BCUT2D eigenvalue weighted by atomic mass is 9.85. The van der Waals surface area contributed by atoms with E-state index in [0.29, 0.717) is 11.5 Å². The molecule has 1 aromatic rings. The van der Waals surface area contributed by atoms with E-state index >= 15 is 0 Å². The number of nitrogens with one attached hydrogen (secondary N) is 2. The number of hydrogen-bond acceptors (Lipinski definition) is 2. The van der Waals surface area contributed by atoms with Gasteiger partial charge in [0.05, 0.1) is 0 Å². The molecule has 0 aliphatic heterocycles. The molecule has 16 heavy (non-hydrogen) atoms. The van der Waals surface area contributed by atoms with Gasteiger partial charge >= 0.3 is 5.69 Å². The highest BCUT2D eigenvalue weighted by Crippen LogP contribution is 2.38. The molecule has 0 bridgehead atoms. The van der Waals surface area contributed by atoms with E-state index in [1.807, 2.05) is 0 Å². The van der Waals surface area contributed by atoms with Crippen LogP contribution >= 0.6 is 15.9 Å². The van der Waals surface area contributed by atoms with Crippen LogP contribution in [-0.4, -0.2) is 9.97 Å².